The molecular weight excluding hydrogens is 614 g/mol. The molecular formula is C38H30ClN3O3S. The summed E-state index contributed by atoms with van der Waals surface area (Å²) in [5.41, 5.74) is 5.66. The number of hydrogen-bond acceptors (Lipinski definition) is 4. The minimum atomic E-state index is -0.514. The fourth-order valence-electron chi connectivity index (χ4n) is 5.31. The van der Waals surface area contributed by atoms with E-state index in [-0.39, 0.29) is 17.4 Å². The number of aryl methyl sites for hydroxylation is 2. The van der Waals surface area contributed by atoms with Gasteiger partial charge in [-0.15, -0.1) is 11.8 Å². The molecule has 6 nitrogen and oxygen atoms in total. The molecule has 0 spiro atoms. The van der Waals surface area contributed by atoms with E-state index in [4.69, 9.17) is 11.6 Å². The Morgan fingerprint density at radius 3 is 2.07 bits per heavy atom. The van der Waals surface area contributed by atoms with Crippen molar-refractivity contribution in [3.8, 4) is 0 Å². The van der Waals surface area contributed by atoms with Gasteiger partial charge < -0.3 is 10.6 Å². The van der Waals surface area contributed by atoms with Crippen LogP contribution in [-0.4, -0.2) is 23.5 Å². The monoisotopic (exact) mass is 643 g/mol. The maximum atomic E-state index is 13.8. The van der Waals surface area contributed by atoms with E-state index in [2.05, 4.69) is 22.8 Å². The van der Waals surface area contributed by atoms with E-state index >= 15 is 0 Å². The number of fused-ring (bicyclic) bond motifs is 2. The van der Waals surface area contributed by atoms with E-state index in [0.717, 1.165) is 40.2 Å². The predicted molar refractivity (Wildman–Crippen MR) is 187 cm³/mol. The largest absolute Gasteiger partial charge is 0.321 e. The molecule has 0 atom stereocenters. The number of para-hydroxylation sites is 2. The molecule has 46 heavy (non-hydrogen) atoms. The highest BCUT2D eigenvalue weighted by molar-refractivity contribution is 8.00. The molecule has 228 valence electrons. The molecule has 5 aromatic rings. The Balaban J connectivity index is 1.19. The number of amides is 3. The first-order valence-corrected chi connectivity index (χ1v) is 16.2. The number of anilines is 3. The second kappa shape index (κ2) is 14.3. The van der Waals surface area contributed by atoms with Crippen LogP contribution in [0.1, 0.15) is 27.0 Å². The summed E-state index contributed by atoms with van der Waals surface area (Å²) in [5, 5.41) is 6.07. The molecule has 0 bridgehead atoms. The van der Waals surface area contributed by atoms with Gasteiger partial charge >= 0.3 is 0 Å². The van der Waals surface area contributed by atoms with Crippen molar-refractivity contribution in [2.45, 2.75) is 17.7 Å². The minimum absolute atomic E-state index is 0.0326. The highest BCUT2D eigenvalue weighted by Gasteiger charge is 2.25. The van der Waals surface area contributed by atoms with Gasteiger partial charge in [0.15, 0.2) is 0 Å². The standard InChI is InChI=1S/C38H30ClN3O3S/c39-32-18-7-4-15-29(32)23-33(41-37(44)28-13-2-1-3-14-28)38(45)40-30-16-10-17-31(24-30)46-25-36(43)42-34-19-8-5-11-26(34)21-22-27-12-6-9-20-35(27)42/h1-20,23-24H,21-22,25H2,(H,40,45)(H,41,44)/b33-23-. The van der Waals surface area contributed by atoms with Crippen molar-refractivity contribution >= 4 is 64.2 Å². The summed E-state index contributed by atoms with van der Waals surface area (Å²) in [6.07, 6.45) is 3.28. The maximum absolute atomic E-state index is 13.8. The van der Waals surface area contributed by atoms with Crippen molar-refractivity contribution in [1.29, 1.82) is 0 Å². The van der Waals surface area contributed by atoms with Gasteiger partial charge in [-0.3, -0.25) is 19.3 Å². The molecule has 0 fully saturated rings. The van der Waals surface area contributed by atoms with Gasteiger partial charge in [-0.2, -0.15) is 0 Å². The van der Waals surface area contributed by atoms with Crippen molar-refractivity contribution in [2.24, 2.45) is 0 Å². The number of carbonyl (C=O) groups excluding carboxylic acids is 3. The normalized spacial score (nSPS) is 12.4. The fraction of sp³-hybridized carbons (Fsp3) is 0.0789. The van der Waals surface area contributed by atoms with Crippen LogP contribution in [0, 0.1) is 0 Å². The lowest BCUT2D eigenvalue weighted by atomic mass is 10.0. The van der Waals surface area contributed by atoms with Crippen molar-refractivity contribution in [2.75, 3.05) is 16.0 Å². The number of carbonyl (C=O) groups is 3. The van der Waals surface area contributed by atoms with Crippen molar-refractivity contribution in [3.63, 3.8) is 0 Å². The Bertz CT molecular complexity index is 1900. The fourth-order valence-corrected chi connectivity index (χ4v) is 6.30. The van der Waals surface area contributed by atoms with Gasteiger partial charge in [-0.25, -0.2) is 0 Å². The number of hydrogen-bond donors (Lipinski definition) is 2. The number of rotatable bonds is 8. The molecule has 0 unspecified atom stereocenters. The van der Waals surface area contributed by atoms with E-state index in [0.29, 0.717) is 21.8 Å². The molecule has 8 heteroatoms. The van der Waals surface area contributed by atoms with Crippen LogP contribution in [0.25, 0.3) is 6.08 Å². The molecule has 1 heterocycles. The molecule has 0 saturated carbocycles. The summed E-state index contributed by atoms with van der Waals surface area (Å²) in [6, 6.07) is 39.1. The number of thioether (sulfide) groups is 1. The van der Waals surface area contributed by atoms with Crippen LogP contribution in [0.2, 0.25) is 5.02 Å². The van der Waals surface area contributed by atoms with Crippen LogP contribution < -0.4 is 15.5 Å². The van der Waals surface area contributed by atoms with E-state index in [1.54, 1.807) is 60.7 Å². The van der Waals surface area contributed by atoms with E-state index in [1.807, 2.05) is 65.6 Å². The average Bonchev–Trinajstić information content (AvgIpc) is 3.25. The SMILES string of the molecule is O=C(Nc1cccc(SCC(=O)N2c3ccccc3CCc3ccccc32)c1)/C(=C/c1ccccc1Cl)NC(=O)c1ccccc1. The molecule has 3 amide bonds. The lowest BCUT2D eigenvalue weighted by molar-refractivity contribution is -0.115. The highest BCUT2D eigenvalue weighted by atomic mass is 35.5. The Labute approximate surface area is 277 Å². The van der Waals surface area contributed by atoms with Gasteiger partial charge in [-0.05, 0) is 84.1 Å². The third-order valence-corrected chi connectivity index (χ3v) is 8.89. The summed E-state index contributed by atoms with van der Waals surface area (Å²) in [7, 11) is 0. The van der Waals surface area contributed by atoms with Crippen LogP contribution in [0.5, 0.6) is 0 Å². The van der Waals surface area contributed by atoms with Gasteiger partial charge in [0.2, 0.25) is 5.91 Å². The van der Waals surface area contributed by atoms with Crippen LogP contribution in [0.3, 0.4) is 0 Å². The molecule has 5 aromatic carbocycles. The quantitative estimate of drug-likeness (QED) is 0.132. The molecule has 2 N–H and O–H groups in total. The number of halogens is 1. The Morgan fingerprint density at radius 1 is 0.739 bits per heavy atom. The van der Waals surface area contributed by atoms with E-state index in [9.17, 15) is 14.4 Å². The zero-order chi connectivity index (χ0) is 31.9. The third-order valence-electron chi connectivity index (χ3n) is 7.57. The molecule has 0 aromatic heterocycles. The van der Waals surface area contributed by atoms with Gasteiger partial charge in [0.05, 0.1) is 17.1 Å². The predicted octanol–water partition coefficient (Wildman–Crippen LogP) is 8.31. The summed E-state index contributed by atoms with van der Waals surface area (Å²) >= 11 is 7.76. The van der Waals surface area contributed by atoms with E-state index in [1.165, 1.54) is 11.8 Å². The molecule has 1 aliphatic rings. The lowest BCUT2D eigenvalue weighted by Crippen LogP contribution is -2.30. The van der Waals surface area contributed by atoms with Gasteiger partial charge in [-0.1, -0.05) is 90.5 Å². The first-order chi connectivity index (χ1) is 22.5. The zero-order valence-corrected chi connectivity index (χ0v) is 26.4. The summed E-state index contributed by atoms with van der Waals surface area (Å²) < 4.78 is 0. The minimum Gasteiger partial charge on any atom is -0.321 e. The Hall–Kier alpha value is -5.11. The molecule has 1 aliphatic heterocycles. The zero-order valence-electron chi connectivity index (χ0n) is 24.8. The van der Waals surface area contributed by atoms with Crippen LogP contribution >= 0.6 is 23.4 Å². The van der Waals surface area contributed by atoms with Crippen molar-refractivity contribution in [3.05, 3.63) is 160 Å². The molecule has 0 radical (unpaired) electrons. The summed E-state index contributed by atoms with van der Waals surface area (Å²) in [6.45, 7) is 0. The lowest BCUT2D eigenvalue weighted by Gasteiger charge is -2.25. The Kier molecular flexibility index (Phi) is 9.62. The number of nitrogens with zero attached hydrogens (tertiary/aromatic N) is 1. The van der Waals surface area contributed by atoms with Crippen molar-refractivity contribution < 1.29 is 14.4 Å². The first kappa shape index (κ1) is 30.9. The van der Waals surface area contributed by atoms with Crippen LogP contribution in [0.4, 0.5) is 17.1 Å². The summed E-state index contributed by atoms with van der Waals surface area (Å²) in [4.78, 5) is 43.0. The molecule has 6 rings (SSSR count). The second-order valence-corrected chi connectivity index (χ2v) is 12.1. The third kappa shape index (κ3) is 7.23. The van der Waals surface area contributed by atoms with Gasteiger partial charge in [0, 0.05) is 21.2 Å². The smallest absolute Gasteiger partial charge is 0.272 e. The topological polar surface area (TPSA) is 78.5 Å². The van der Waals surface area contributed by atoms with Gasteiger partial charge in [0.25, 0.3) is 11.8 Å². The van der Waals surface area contributed by atoms with E-state index < -0.39 is 11.8 Å². The second-order valence-electron chi connectivity index (χ2n) is 10.7. The van der Waals surface area contributed by atoms with Crippen molar-refractivity contribution in [1.82, 2.24) is 5.32 Å². The van der Waals surface area contributed by atoms with Gasteiger partial charge in [0.1, 0.15) is 5.70 Å². The average molecular weight is 644 g/mol. The molecule has 0 saturated heterocycles. The summed E-state index contributed by atoms with van der Waals surface area (Å²) in [5.74, 6) is -0.770. The number of nitrogens with one attached hydrogen (secondary N) is 2. The number of benzene rings is 5. The van der Waals surface area contributed by atoms with Crippen LogP contribution in [0.15, 0.2) is 138 Å². The molecule has 0 aliphatic carbocycles. The Morgan fingerprint density at radius 2 is 1.37 bits per heavy atom. The highest BCUT2D eigenvalue weighted by Crippen LogP contribution is 2.37. The first-order valence-electron chi connectivity index (χ1n) is 14.8. The van der Waals surface area contributed by atoms with Crippen LogP contribution in [-0.2, 0) is 22.4 Å². The maximum Gasteiger partial charge on any atom is 0.272 e.